The summed E-state index contributed by atoms with van der Waals surface area (Å²) in [6, 6.07) is 14.3. The van der Waals surface area contributed by atoms with Crippen LogP contribution in [0.15, 0.2) is 53.3 Å². The molecule has 2 aromatic rings. The van der Waals surface area contributed by atoms with E-state index in [-0.39, 0.29) is 29.3 Å². The van der Waals surface area contributed by atoms with Crippen molar-refractivity contribution >= 4 is 11.9 Å². The summed E-state index contributed by atoms with van der Waals surface area (Å²) < 4.78 is 1.85. The zero-order valence-corrected chi connectivity index (χ0v) is 18.8. The number of carbonyl (C=O) groups excluding carboxylic acids is 2. The van der Waals surface area contributed by atoms with Gasteiger partial charge in [0.25, 0.3) is 5.56 Å². The molecule has 7 heteroatoms. The lowest BCUT2D eigenvalue weighted by Crippen LogP contribution is -2.56. The minimum Gasteiger partial charge on any atom is -0.354 e. The summed E-state index contributed by atoms with van der Waals surface area (Å²) in [5.74, 6) is 0.556. The molecular formula is C25H32N4O3. The van der Waals surface area contributed by atoms with Crippen LogP contribution in [0.4, 0.5) is 4.79 Å². The molecule has 2 aliphatic heterocycles. The zero-order valence-electron chi connectivity index (χ0n) is 18.8. The van der Waals surface area contributed by atoms with Crippen LogP contribution in [-0.4, -0.2) is 47.1 Å². The number of hydrogen-bond acceptors (Lipinski definition) is 3. The van der Waals surface area contributed by atoms with Crippen molar-refractivity contribution in [2.24, 2.45) is 11.8 Å². The SMILES string of the molecule is CC(C)CNC(=O)[C@H](Cc1ccccc1)NC(=O)N1CC2CC(C1)c1cccc(=O)n1C2. The van der Waals surface area contributed by atoms with Gasteiger partial charge in [0.15, 0.2) is 0 Å². The molecule has 0 aliphatic carbocycles. The molecule has 3 atom stereocenters. The van der Waals surface area contributed by atoms with Gasteiger partial charge >= 0.3 is 6.03 Å². The lowest BCUT2D eigenvalue weighted by atomic mass is 9.83. The predicted octanol–water partition coefficient (Wildman–Crippen LogP) is 2.36. The van der Waals surface area contributed by atoms with Gasteiger partial charge in [0.1, 0.15) is 6.04 Å². The molecule has 4 rings (SSSR count). The summed E-state index contributed by atoms with van der Waals surface area (Å²) in [4.78, 5) is 40.2. The standard InChI is InChI=1S/C25H32N4O3/c1-17(2)13-26-24(31)21(12-18-7-4-3-5-8-18)27-25(32)28-14-19-11-20(16-28)22-9-6-10-23(30)29(22)15-19/h3-10,17,19-21H,11-16H2,1-2H3,(H,26,31)(H,27,32)/t19?,20?,21-/m0/s1. The van der Waals surface area contributed by atoms with E-state index in [2.05, 4.69) is 10.6 Å². The largest absolute Gasteiger partial charge is 0.354 e. The van der Waals surface area contributed by atoms with Crippen LogP contribution in [0, 0.1) is 11.8 Å². The van der Waals surface area contributed by atoms with Gasteiger partial charge in [0.2, 0.25) is 5.91 Å². The molecule has 2 unspecified atom stereocenters. The van der Waals surface area contributed by atoms with Gasteiger partial charge < -0.3 is 20.1 Å². The summed E-state index contributed by atoms with van der Waals surface area (Å²) in [5, 5.41) is 5.95. The number of pyridine rings is 1. The molecule has 0 spiro atoms. The van der Waals surface area contributed by atoms with Crippen LogP contribution in [0.25, 0.3) is 0 Å². The zero-order chi connectivity index (χ0) is 22.7. The fourth-order valence-electron chi connectivity index (χ4n) is 4.79. The Hall–Kier alpha value is -3.09. The van der Waals surface area contributed by atoms with Crippen LogP contribution in [0.3, 0.4) is 0 Å². The Morgan fingerprint density at radius 1 is 1.03 bits per heavy atom. The molecule has 3 amide bonds. The molecule has 0 saturated carbocycles. The Morgan fingerprint density at radius 3 is 2.56 bits per heavy atom. The number of benzene rings is 1. The van der Waals surface area contributed by atoms with Crippen molar-refractivity contribution in [2.75, 3.05) is 19.6 Å². The number of piperidine rings is 1. The van der Waals surface area contributed by atoms with Crippen LogP contribution in [0.5, 0.6) is 0 Å². The molecule has 0 radical (unpaired) electrons. The van der Waals surface area contributed by atoms with Crippen molar-refractivity contribution in [3.05, 3.63) is 70.1 Å². The molecular weight excluding hydrogens is 404 g/mol. The lowest BCUT2D eigenvalue weighted by molar-refractivity contribution is -0.123. The first kappa shape index (κ1) is 22.1. The average Bonchev–Trinajstić information content (AvgIpc) is 2.78. The number of nitrogens with zero attached hydrogens (tertiary/aromatic N) is 2. The summed E-state index contributed by atoms with van der Waals surface area (Å²) in [6.45, 7) is 6.44. The highest BCUT2D eigenvalue weighted by atomic mass is 16.2. The van der Waals surface area contributed by atoms with E-state index in [1.165, 1.54) is 0 Å². The minimum atomic E-state index is -0.639. The molecule has 2 N–H and O–H groups in total. The van der Waals surface area contributed by atoms with Gasteiger partial charge in [-0.05, 0) is 29.9 Å². The molecule has 2 bridgehead atoms. The number of fused-ring (bicyclic) bond motifs is 4. The highest BCUT2D eigenvalue weighted by molar-refractivity contribution is 5.87. The molecule has 7 nitrogen and oxygen atoms in total. The number of amides is 3. The number of nitrogens with one attached hydrogen (secondary N) is 2. The van der Waals surface area contributed by atoms with Crippen molar-refractivity contribution in [1.82, 2.24) is 20.1 Å². The van der Waals surface area contributed by atoms with Crippen molar-refractivity contribution < 1.29 is 9.59 Å². The number of urea groups is 1. The van der Waals surface area contributed by atoms with Gasteiger partial charge in [-0.2, -0.15) is 0 Å². The van der Waals surface area contributed by atoms with Crippen molar-refractivity contribution in [2.45, 2.75) is 45.2 Å². The fraction of sp³-hybridized carbons (Fsp3) is 0.480. The summed E-state index contributed by atoms with van der Waals surface area (Å²) >= 11 is 0. The van der Waals surface area contributed by atoms with Crippen molar-refractivity contribution in [3.63, 3.8) is 0 Å². The molecule has 170 valence electrons. The smallest absolute Gasteiger partial charge is 0.318 e. The number of rotatable bonds is 6. The normalized spacial score (nSPS) is 20.4. The molecule has 32 heavy (non-hydrogen) atoms. The minimum absolute atomic E-state index is 0.0276. The Labute approximate surface area is 188 Å². The quantitative estimate of drug-likeness (QED) is 0.729. The van der Waals surface area contributed by atoms with Gasteiger partial charge in [0, 0.05) is 50.3 Å². The van der Waals surface area contributed by atoms with Crippen LogP contribution in [0.2, 0.25) is 0 Å². The monoisotopic (exact) mass is 436 g/mol. The van der Waals surface area contributed by atoms with Gasteiger partial charge in [-0.3, -0.25) is 9.59 Å². The second kappa shape index (κ2) is 9.59. The highest BCUT2D eigenvalue weighted by Gasteiger charge is 2.37. The number of hydrogen-bond donors (Lipinski definition) is 2. The van der Waals surface area contributed by atoms with E-state index in [0.717, 1.165) is 17.7 Å². The third-order valence-corrected chi connectivity index (χ3v) is 6.35. The van der Waals surface area contributed by atoms with E-state index in [4.69, 9.17) is 0 Å². The van der Waals surface area contributed by atoms with Gasteiger partial charge in [-0.25, -0.2) is 4.79 Å². The van der Waals surface area contributed by atoms with Crippen LogP contribution < -0.4 is 16.2 Å². The first-order chi connectivity index (χ1) is 15.4. The number of aromatic nitrogens is 1. The second-order valence-electron chi connectivity index (χ2n) is 9.43. The Kier molecular flexibility index (Phi) is 6.63. The lowest BCUT2D eigenvalue weighted by Gasteiger charge is -2.43. The van der Waals surface area contributed by atoms with Crippen LogP contribution in [-0.2, 0) is 17.8 Å². The van der Waals surface area contributed by atoms with E-state index in [1.807, 2.05) is 59.7 Å². The Bertz CT molecular complexity index is 1020. The van der Waals surface area contributed by atoms with E-state index in [1.54, 1.807) is 12.1 Å². The summed E-state index contributed by atoms with van der Waals surface area (Å²) in [6.07, 6.45) is 1.42. The Balaban J connectivity index is 1.47. The average molecular weight is 437 g/mol. The number of carbonyl (C=O) groups is 2. The van der Waals surface area contributed by atoms with Crippen molar-refractivity contribution in [1.29, 1.82) is 0 Å². The highest BCUT2D eigenvalue weighted by Crippen LogP contribution is 2.34. The van der Waals surface area contributed by atoms with Gasteiger partial charge in [0.05, 0.1) is 0 Å². The van der Waals surface area contributed by atoms with E-state index >= 15 is 0 Å². The molecule has 1 saturated heterocycles. The maximum Gasteiger partial charge on any atom is 0.318 e. The second-order valence-corrected chi connectivity index (χ2v) is 9.43. The van der Waals surface area contributed by atoms with Crippen LogP contribution in [0.1, 0.15) is 37.4 Å². The molecule has 1 aromatic carbocycles. The number of likely N-dealkylation sites (tertiary alicyclic amines) is 1. The molecule has 2 aliphatic rings. The predicted molar refractivity (Wildman–Crippen MR) is 123 cm³/mol. The maximum atomic E-state index is 13.2. The first-order valence-corrected chi connectivity index (χ1v) is 11.5. The van der Waals surface area contributed by atoms with E-state index < -0.39 is 6.04 Å². The van der Waals surface area contributed by atoms with Crippen LogP contribution >= 0.6 is 0 Å². The summed E-state index contributed by atoms with van der Waals surface area (Å²) in [5.41, 5.74) is 2.03. The van der Waals surface area contributed by atoms with E-state index in [0.29, 0.717) is 38.5 Å². The first-order valence-electron chi connectivity index (χ1n) is 11.5. The van der Waals surface area contributed by atoms with Gasteiger partial charge in [-0.15, -0.1) is 0 Å². The fourth-order valence-corrected chi connectivity index (χ4v) is 4.79. The maximum absolute atomic E-state index is 13.2. The topological polar surface area (TPSA) is 83.4 Å². The third-order valence-electron chi connectivity index (χ3n) is 6.35. The van der Waals surface area contributed by atoms with E-state index in [9.17, 15) is 14.4 Å². The van der Waals surface area contributed by atoms with Crippen molar-refractivity contribution in [3.8, 4) is 0 Å². The molecule has 1 aromatic heterocycles. The Morgan fingerprint density at radius 2 is 1.81 bits per heavy atom. The van der Waals surface area contributed by atoms with Gasteiger partial charge in [-0.1, -0.05) is 50.2 Å². The summed E-state index contributed by atoms with van der Waals surface area (Å²) in [7, 11) is 0. The third kappa shape index (κ3) is 5.03. The molecule has 3 heterocycles. The molecule has 1 fully saturated rings.